The summed E-state index contributed by atoms with van der Waals surface area (Å²) in [5.41, 5.74) is -1.02. The fourth-order valence-electron chi connectivity index (χ4n) is 4.10. The van der Waals surface area contributed by atoms with Crippen LogP contribution in [0.1, 0.15) is 81.2 Å². The molecule has 16 nitrogen and oxygen atoms in total. The summed E-state index contributed by atoms with van der Waals surface area (Å²) in [6, 6.07) is 2.89. The summed E-state index contributed by atoms with van der Waals surface area (Å²) < 4.78 is 20.4. The number of carbonyl (C=O) groups is 7. The van der Waals surface area contributed by atoms with Gasteiger partial charge in [-0.1, -0.05) is 26.0 Å². The summed E-state index contributed by atoms with van der Waals surface area (Å²) >= 11 is 0. The molecular formula is C34H53N5O11. The quantitative estimate of drug-likeness (QED) is 0.0954. The van der Waals surface area contributed by atoms with Gasteiger partial charge in [0.1, 0.15) is 41.6 Å². The largest absolute Gasteiger partial charge is 0.514 e. The summed E-state index contributed by atoms with van der Waals surface area (Å²) in [5.74, 6) is -3.08. The average Bonchev–Trinajstić information content (AvgIpc) is 2.96. The summed E-state index contributed by atoms with van der Waals surface area (Å²) in [4.78, 5) is 87.6. The van der Waals surface area contributed by atoms with E-state index < -0.39 is 77.7 Å². The van der Waals surface area contributed by atoms with Gasteiger partial charge in [0.15, 0.2) is 0 Å². The van der Waals surface area contributed by atoms with Crippen LogP contribution in [0, 0.1) is 5.92 Å². The van der Waals surface area contributed by atoms with Gasteiger partial charge in [0.25, 0.3) is 0 Å². The molecule has 0 saturated heterocycles. The summed E-state index contributed by atoms with van der Waals surface area (Å²) in [6.07, 6.45) is -1.50. The zero-order valence-electron chi connectivity index (χ0n) is 30.6. The second kappa shape index (κ2) is 19.9. The number of ether oxygens (including phenoxy) is 4. The van der Waals surface area contributed by atoms with Crippen molar-refractivity contribution in [3.63, 3.8) is 0 Å². The number of hydrogen-bond donors (Lipinski definition) is 5. The maximum absolute atomic E-state index is 13.3. The normalized spacial score (nSPS) is 13.1. The third-order valence-electron chi connectivity index (χ3n) is 6.21. The van der Waals surface area contributed by atoms with E-state index in [9.17, 15) is 33.6 Å². The van der Waals surface area contributed by atoms with Crippen LogP contribution in [0.2, 0.25) is 0 Å². The molecule has 0 saturated carbocycles. The van der Waals surface area contributed by atoms with Gasteiger partial charge in [-0.15, -0.1) is 0 Å². The van der Waals surface area contributed by atoms with E-state index >= 15 is 0 Å². The molecule has 5 N–H and O–H groups in total. The van der Waals surface area contributed by atoms with Gasteiger partial charge < -0.3 is 45.5 Å². The second-order valence-corrected chi connectivity index (χ2v) is 13.8. The van der Waals surface area contributed by atoms with Crippen molar-refractivity contribution in [2.45, 2.75) is 111 Å². The molecule has 16 heteroatoms. The highest BCUT2D eigenvalue weighted by molar-refractivity contribution is 5.94. The van der Waals surface area contributed by atoms with Crippen molar-refractivity contribution < 1.29 is 52.5 Å². The minimum Gasteiger partial charge on any atom is -0.465 e. The Bertz CT molecular complexity index is 1330. The standard InChI is InChI=1S/C34H53N5O11/c1-11-47-27(41)19-36-29(43)24(16-20(2)3)38-26(40)18-35-28(42)21(4)37-30(44)25(39-31(45)49-33(5,6)7)17-22-12-14-23(15-13-22)48-32(46)50-34(8,9)10/h12-15,20-21,24-25H,11,16-19H2,1-10H3,(H,35,42)(H,36,43)(H,37,44)(H,38,40)(H,39,45). The molecule has 1 aromatic carbocycles. The molecule has 3 unspecified atom stereocenters. The Balaban J connectivity index is 2.89. The van der Waals surface area contributed by atoms with Crippen LogP contribution >= 0.6 is 0 Å². The number of hydrogen-bond acceptors (Lipinski definition) is 11. The Morgan fingerprint density at radius 1 is 0.700 bits per heavy atom. The molecule has 0 aromatic heterocycles. The molecule has 0 aliphatic heterocycles. The fourth-order valence-corrected chi connectivity index (χ4v) is 4.10. The van der Waals surface area contributed by atoms with E-state index in [0.29, 0.717) is 5.56 Å². The summed E-state index contributed by atoms with van der Waals surface area (Å²) in [5, 5.41) is 12.4. The van der Waals surface area contributed by atoms with E-state index in [4.69, 9.17) is 18.9 Å². The van der Waals surface area contributed by atoms with Gasteiger partial charge in [0.05, 0.1) is 13.2 Å². The van der Waals surface area contributed by atoms with E-state index in [-0.39, 0.29) is 37.7 Å². The molecule has 0 aliphatic carbocycles. The van der Waals surface area contributed by atoms with E-state index in [1.54, 1.807) is 60.6 Å². The maximum Gasteiger partial charge on any atom is 0.514 e. The van der Waals surface area contributed by atoms with Crippen molar-refractivity contribution in [1.29, 1.82) is 0 Å². The number of carbonyl (C=O) groups excluding carboxylic acids is 7. The predicted octanol–water partition coefficient (Wildman–Crippen LogP) is 2.27. The Kier molecular flexibility index (Phi) is 17.2. The molecule has 3 atom stereocenters. The number of amides is 5. The molecule has 280 valence electrons. The molecule has 5 amide bonds. The molecule has 0 bridgehead atoms. The molecule has 0 fully saturated rings. The topological polar surface area (TPSA) is 217 Å². The molecule has 50 heavy (non-hydrogen) atoms. The third-order valence-corrected chi connectivity index (χ3v) is 6.21. The van der Waals surface area contributed by atoms with Crippen LogP contribution in [-0.4, -0.2) is 90.9 Å². The van der Waals surface area contributed by atoms with Gasteiger partial charge in [0.2, 0.25) is 23.6 Å². The zero-order chi connectivity index (χ0) is 38.2. The molecule has 1 aromatic rings. The lowest BCUT2D eigenvalue weighted by molar-refractivity contribution is -0.143. The highest BCUT2D eigenvalue weighted by atomic mass is 16.7. The van der Waals surface area contributed by atoms with Crippen LogP contribution in [-0.2, 0) is 44.6 Å². The Labute approximate surface area is 293 Å². The van der Waals surface area contributed by atoms with Crippen LogP contribution in [0.3, 0.4) is 0 Å². The first-order valence-corrected chi connectivity index (χ1v) is 16.4. The van der Waals surface area contributed by atoms with Gasteiger partial charge in [-0.05, 0) is 85.4 Å². The zero-order valence-corrected chi connectivity index (χ0v) is 30.6. The van der Waals surface area contributed by atoms with Crippen LogP contribution in [0.4, 0.5) is 9.59 Å². The third kappa shape index (κ3) is 18.6. The first-order chi connectivity index (χ1) is 23.1. The smallest absolute Gasteiger partial charge is 0.465 e. The van der Waals surface area contributed by atoms with Crippen molar-refractivity contribution >= 4 is 41.8 Å². The molecule has 1 rings (SSSR count). The minimum absolute atomic E-state index is 0.0178. The lowest BCUT2D eigenvalue weighted by Gasteiger charge is -2.24. The fraction of sp³-hybridized carbons (Fsp3) is 0.618. The van der Waals surface area contributed by atoms with Gasteiger partial charge >= 0.3 is 18.2 Å². The van der Waals surface area contributed by atoms with Crippen molar-refractivity contribution in [2.24, 2.45) is 5.92 Å². The van der Waals surface area contributed by atoms with Crippen LogP contribution in [0.5, 0.6) is 5.75 Å². The van der Waals surface area contributed by atoms with E-state index in [2.05, 4.69) is 26.6 Å². The van der Waals surface area contributed by atoms with Gasteiger partial charge in [-0.3, -0.25) is 24.0 Å². The maximum atomic E-state index is 13.3. The highest BCUT2D eigenvalue weighted by Gasteiger charge is 2.28. The minimum atomic E-state index is -1.19. The monoisotopic (exact) mass is 707 g/mol. The van der Waals surface area contributed by atoms with E-state index in [1.807, 2.05) is 13.8 Å². The van der Waals surface area contributed by atoms with Crippen LogP contribution in [0.25, 0.3) is 0 Å². The van der Waals surface area contributed by atoms with Gasteiger partial charge in [-0.25, -0.2) is 9.59 Å². The van der Waals surface area contributed by atoms with E-state index in [0.717, 1.165) is 0 Å². The molecular weight excluding hydrogens is 654 g/mol. The van der Waals surface area contributed by atoms with Crippen molar-refractivity contribution in [2.75, 3.05) is 19.7 Å². The van der Waals surface area contributed by atoms with Crippen molar-refractivity contribution in [3.05, 3.63) is 29.8 Å². The number of alkyl carbamates (subject to hydrolysis) is 1. The highest BCUT2D eigenvalue weighted by Crippen LogP contribution is 2.17. The average molecular weight is 708 g/mol. The lowest BCUT2D eigenvalue weighted by atomic mass is 10.0. The first kappa shape index (κ1) is 43.1. The predicted molar refractivity (Wildman–Crippen MR) is 182 cm³/mol. The number of esters is 1. The molecule has 0 aliphatic rings. The first-order valence-electron chi connectivity index (χ1n) is 16.4. The van der Waals surface area contributed by atoms with Gasteiger partial charge in [0, 0.05) is 6.42 Å². The number of nitrogens with one attached hydrogen (secondary N) is 5. The van der Waals surface area contributed by atoms with Gasteiger partial charge in [-0.2, -0.15) is 0 Å². The molecule has 0 heterocycles. The van der Waals surface area contributed by atoms with Crippen LogP contribution in [0.15, 0.2) is 24.3 Å². The number of benzene rings is 1. The Morgan fingerprint density at radius 2 is 1.28 bits per heavy atom. The number of rotatable bonds is 16. The second-order valence-electron chi connectivity index (χ2n) is 13.8. The van der Waals surface area contributed by atoms with Crippen LogP contribution < -0.4 is 31.3 Å². The SMILES string of the molecule is CCOC(=O)CNC(=O)C(CC(C)C)NC(=O)CNC(=O)C(C)NC(=O)C(Cc1ccc(OC(=O)OC(C)(C)C)cc1)NC(=O)OC(C)(C)C. The summed E-state index contributed by atoms with van der Waals surface area (Å²) in [7, 11) is 0. The Morgan fingerprint density at radius 3 is 1.82 bits per heavy atom. The summed E-state index contributed by atoms with van der Waals surface area (Å²) in [6.45, 7) is 16.1. The molecule has 0 spiro atoms. The molecule has 0 radical (unpaired) electrons. The van der Waals surface area contributed by atoms with Crippen molar-refractivity contribution in [3.8, 4) is 5.75 Å². The Hall–Kier alpha value is -4.89. The lowest BCUT2D eigenvalue weighted by Crippen LogP contribution is -2.55. The van der Waals surface area contributed by atoms with E-state index in [1.165, 1.54) is 19.1 Å². The van der Waals surface area contributed by atoms with Crippen molar-refractivity contribution in [1.82, 2.24) is 26.6 Å².